The first-order chi connectivity index (χ1) is 10.6. The molecule has 0 aromatic carbocycles. The maximum atomic E-state index is 12.0. The second kappa shape index (κ2) is 6.27. The summed E-state index contributed by atoms with van der Waals surface area (Å²) in [4.78, 5) is 28.4. The number of hydrogen-bond donors (Lipinski definition) is 2. The van der Waals surface area contributed by atoms with Crippen LogP contribution < -0.4 is 10.7 Å². The molecule has 3 rings (SSSR count). The van der Waals surface area contributed by atoms with Crippen molar-refractivity contribution in [2.24, 2.45) is 5.10 Å². The molecule has 0 aliphatic carbocycles. The lowest BCUT2D eigenvalue weighted by Gasteiger charge is -2.13. The predicted octanol–water partition coefficient (Wildman–Crippen LogP) is 1.62. The molecule has 3 heterocycles. The van der Waals surface area contributed by atoms with Crippen LogP contribution in [-0.2, 0) is 9.59 Å². The number of thiazole rings is 1. The van der Waals surface area contributed by atoms with Crippen LogP contribution in [-0.4, -0.2) is 26.9 Å². The minimum Gasteiger partial charge on any atom is -0.348 e. The van der Waals surface area contributed by atoms with Crippen molar-refractivity contribution in [1.29, 1.82) is 0 Å². The van der Waals surface area contributed by atoms with Gasteiger partial charge in [-0.25, -0.2) is 10.4 Å². The molecular formula is C14H17N5O2S. The van der Waals surface area contributed by atoms with Crippen molar-refractivity contribution in [1.82, 2.24) is 20.1 Å². The van der Waals surface area contributed by atoms with E-state index < -0.39 is 0 Å². The van der Waals surface area contributed by atoms with E-state index in [0.29, 0.717) is 25.7 Å². The fraction of sp³-hybridized carbons (Fsp3) is 0.429. The molecule has 0 spiro atoms. The van der Waals surface area contributed by atoms with Gasteiger partial charge < -0.3 is 5.32 Å². The van der Waals surface area contributed by atoms with Crippen molar-refractivity contribution >= 4 is 33.8 Å². The SMILES string of the molecule is CC(NC(=O)CCC1=NNC(=O)CC1)c1cn2ccsc2n1. The van der Waals surface area contributed by atoms with Crippen LogP contribution in [0, 0.1) is 0 Å². The summed E-state index contributed by atoms with van der Waals surface area (Å²) in [5.41, 5.74) is 4.16. The maximum Gasteiger partial charge on any atom is 0.240 e. The van der Waals surface area contributed by atoms with Crippen molar-refractivity contribution in [3.05, 3.63) is 23.5 Å². The van der Waals surface area contributed by atoms with Crippen LogP contribution >= 0.6 is 11.3 Å². The molecule has 0 fully saturated rings. The summed E-state index contributed by atoms with van der Waals surface area (Å²) in [6.45, 7) is 1.92. The molecule has 8 heteroatoms. The average Bonchev–Trinajstić information content (AvgIpc) is 3.08. The zero-order valence-corrected chi connectivity index (χ0v) is 13.0. The van der Waals surface area contributed by atoms with Gasteiger partial charge in [0, 0.05) is 36.3 Å². The summed E-state index contributed by atoms with van der Waals surface area (Å²) < 4.78 is 1.95. The van der Waals surface area contributed by atoms with E-state index >= 15 is 0 Å². The monoisotopic (exact) mass is 319 g/mol. The van der Waals surface area contributed by atoms with E-state index in [2.05, 4.69) is 20.8 Å². The first-order valence-electron chi connectivity index (χ1n) is 7.17. The Morgan fingerprint density at radius 3 is 3.14 bits per heavy atom. The standard InChI is InChI=1S/C14H17N5O2S/c1-9(11-8-19-6-7-22-14(19)16-11)15-12(20)4-2-10-3-5-13(21)18-17-10/h6-9H,2-5H2,1H3,(H,15,20)(H,18,21). The Hall–Kier alpha value is -2.22. The molecule has 0 bridgehead atoms. The highest BCUT2D eigenvalue weighted by molar-refractivity contribution is 7.15. The fourth-order valence-electron chi connectivity index (χ4n) is 2.29. The minimum atomic E-state index is -0.132. The van der Waals surface area contributed by atoms with Crippen LogP contribution in [0.1, 0.15) is 44.3 Å². The summed E-state index contributed by atoms with van der Waals surface area (Å²) in [7, 11) is 0. The van der Waals surface area contributed by atoms with E-state index in [1.807, 2.05) is 29.1 Å². The maximum absolute atomic E-state index is 12.0. The third-order valence-corrected chi connectivity index (χ3v) is 4.32. The first kappa shape index (κ1) is 14.7. The van der Waals surface area contributed by atoms with E-state index in [4.69, 9.17) is 0 Å². The second-order valence-corrected chi connectivity index (χ2v) is 6.13. The Kier molecular flexibility index (Phi) is 4.19. The summed E-state index contributed by atoms with van der Waals surface area (Å²) >= 11 is 1.56. The highest BCUT2D eigenvalue weighted by atomic mass is 32.1. The number of aromatic nitrogens is 2. The van der Waals surface area contributed by atoms with Crippen LogP contribution in [0.3, 0.4) is 0 Å². The third-order valence-electron chi connectivity index (χ3n) is 3.55. The summed E-state index contributed by atoms with van der Waals surface area (Å²) in [6.07, 6.45) is 5.88. The van der Waals surface area contributed by atoms with Crippen molar-refractivity contribution in [2.45, 2.75) is 38.6 Å². The molecule has 1 aliphatic heterocycles. The first-order valence-corrected chi connectivity index (χ1v) is 8.05. The van der Waals surface area contributed by atoms with Gasteiger partial charge >= 0.3 is 0 Å². The lowest BCUT2D eigenvalue weighted by atomic mass is 10.1. The van der Waals surface area contributed by atoms with E-state index in [1.165, 1.54) is 0 Å². The fourth-order valence-corrected chi connectivity index (χ4v) is 3.00. The van der Waals surface area contributed by atoms with Gasteiger partial charge in [0.2, 0.25) is 11.8 Å². The molecule has 1 atom stereocenters. The number of nitrogens with zero attached hydrogens (tertiary/aromatic N) is 3. The Morgan fingerprint density at radius 1 is 1.55 bits per heavy atom. The van der Waals surface area contributed by atoms with Gasteiger partial charge in [-0.2, -0.15) is 5.10 Å². The molecule has 22 heavy (non-hydrogen) atoms. The molecule has 116 valence electrons. The zero-order chi connectivity index (χ0) is 15.5. The topological polar surface area (TPSA) is 87.9 Å². The van der Waals surface area contributed by atoms with Crippen LogP contribution in [0.25, 0.3) is 4.96 Å². The number of carbonyl (C=O) groups is 2. The van der Waals surface area contributed by atoms with E-state index in [1.54, 1.807) is 11.3 Å². The number of rotatable bonds is 5. The minimum absolute atomic E-state index is 0.0385. The molecule has 0 radical (unpaired) electrons. The lowest BCUT2D eigenvalue weighted by Crippen LogP contribution is -2.29. The molecule has 0 saturated heterocycles. The van der Waals surface area contributed by atoms with Gasteiger partial charge in [0.05, 0.1) is 11.7 Å². The van der Waals surface area contributed by atoms with E-state index in [0.717, 1.165) is 16.4 Å². The molecule has 1 aliphatic rings. The summed E-state index contributed by atoms with van der Waals surface area (Å²) in [6, 6.07) is -0.132. The van der Waals surface area contributed by atoms with Crippen molar-refractivity contribution in [3.8, 4) is 0 Å². The van der Waals surface area contributed by atoms with Crippen LogP contribution in [0.5, 0.6) is 0 Å². The van der Waals surface area contributed by atoms with Crippen LogP contribution in [0.4, 0.5) is 0 Å². The van der Waals surface area contributed by atoms with Gasteiger partial charge in [-0.15, -0.1) is 11.3 Å². The van der Waals surface area contributed by atoms with Gasteiger partial charge in [-0.1, -0.05) is 0 Å². The summed E-state index contributed by atoms with van der Waals surface area (Å²) in [5.74, 6) is -0.106. The second-order valence-electron chi connectivity index (χ2n) is 5.26. The highest BCUT2D eigenvalue weighted by Crippen LogP contribution is 2.17. The number of nitrogens with one attached hydrogen (secondary N) is 2. The Morgan fingerprint density at radius 2 is 2.41 bits per heavy atom. The van der Waals surface area contributed by atoms with E-state index in [-0.39, 0.29) is 17.9 Å². The van der Waals surface area contributed by atoms with Crippen molar-refractivity contribution in [2.75, 3.05) is 0 Å². The molecule has 2 aromatic rings. The van der Waals surface area contributed by atoms with Gasteiger partial charge in [0.1, 0.15) is 0 Å². The number of hydrazone groups is 1. The Labute approximate surface area is 131 Å². The molecule has 7 nitrogen and oxygen atoms in total. The van der Waals surface area contributed by atoms with Crippen LogP contribution in [0.15, 0.2) is 22.9 Å². The van der Waals surface area contributed by atoms with Gasteiger partial charge in [0.15, 0.2) is 4.96 Å². The largest absolute Gasteiger partial charge is 0.348 e. The number of carbonyl (C=O) groups excluding carboxylic acids is 2. The Bertz CT molecular complexity index is 704. The molecule has 0 saturated carbocycles. The Balaban J connectivity index is 1.50. The number of fused-ring (bicyclic) bond motifs is 1. The van der Waals surface area contributed by atoms with Gasteiger partial charge in [-0.05, 0) is 19.8 Å². The van der Waals surface area contributed by atoms with E-state index in [9.17, 15) is 9.59 Å². The normalized spacial score (nSPS) is 16.2. The van der Waals surface area contributed by atoms with Crippen molar-refractivity contribution in [3.63, 3.8) is 0 Å². The lowest BCUT2D eigenvalue weighted by molar-refractivity contribution is -0.121. The van der Waals surface area contributed by atoms with Crippen LogP contribution in [0.2, 0.25) is 0 Å². The molecule has 2 amide bonds. The predicted molar refractivity (Wildman–Crippen MR) is 83.7 cm³/mol. The smallest absolute Gasteiger partial charge is 0.240 e. The quantitative estimate of drug-likeness (QED) is 0.878. The molecule has 2 N–H and O–H groups in total. The highest BCUT2D eigenvalue weighted by Gasteiger charge is 2.16. The average molecular weight is 319 g/mol. The van der Waals surface area contributed by atoms with Gasteiger partial charge in [0.25, 0.3) is 0 Å². The van der Waals surface area contributed by atoms with Gasteiger partial charge in [-0.3, -0.25) is 14.0 Å². The number of amides is 2. The molecular weight excluding hydrogens is 302 g/mol. The third kappa shape index (κ3) is 3.33. The molecule has 1 unspecified atom stereocenters. The number of hydrogen-bond acceptors (Lipinski definition) is 5. The summed E-state index contributed by atoms with van der Waals surface area (Å²) in [5, 5.41) is 8.88. The van der Waals surface area contributed by atoms with Crippen molar-refractivity contribution < 1.29 is 9.59 Å². The molecule has 2 aromatic heterocycles. The zero-order valence-electron chi connectivity index (χ0n) is 12.2. The number of imidazole rings is 1.